The molecule has 0 N–H and O–H groups in total. The maximum atomic E-state index is 5.72. The smallest absolute Gasteiger partial charge is 0.257 e. The molecule has 19 heavy (non-hydrogen) atoms. The lowest BCUT2D eigenvalue weighted by Gasteiger charge is -2.04. The van der Waals surface area contributed by atoms with E-state index < -0.39 is 0 Å². The van der Waals surface area contributed by atoms with Gasteiger partial charge in [-0.05, 0) is 31.4 Å². The number of rotatable bonds is 4. The van der Waals surface area contributed by atoms with E-state index in [1.165, 1.54) is 0 Å². The van der Waals surface area contributed by atoms with Crippen LogP contribution in [-0.4, -0.2) is 10.2 Å². The van der Waals surface area contributed by atoms with Gasteiger partial charge in [-0.15, -0.1) is 33.3 Å². The second-order valence-corrected chi connectivity index (χ2v) is 6.35. The molecule has 4 nitrogen and oxygen atoms in total. The van der Waals surface area contributed by atoms with Crippen molar-refractivity contribution in [2.45, 2.75) is 24.0 Å². The van der Waals surface area contributed by atoms with Gasteiger partial charge in [-0.25, -0.2) is 0 Å². The van der Waals surface area contributed by atoms with E-state index >= 15 is 0 Å². The molecule has 0 aliphatic heterocycles. The molecular formula is C13H12N2O2S2. The van der Waals surface area contributed by atoms with Gasteiger partial charge in [0, 0.05) is 4.90 Å². The van der Waals surface area contributed by atoms with Crippen LogP contribution in [0.15, 0.2) is 43.6 Å². The number of hydrogen-bond donors (Lipinski definition) is 0. The fourth-order valence-corrected chi connectivity index (χ4v) is 3.20. The molecule has 0 radical (unpaired) electrons. The van der Waals surface area contributed by atoms with E-state index in [0.29, 0.717) is 11.8 Å². The second-order valence-electron chi connectivity index (χ2n) is 4.02. The van der Waals surface area contributed by atoms with Crippen LogP contribution >= 0.6 is 23.1 Å². The van der Waals surface area contributed by atoms with E-state index in [1.807, 2.05) is 37.4 Å². The summed E-state index contributed by atoms with van der Waals surface area (Å²) in [6.07, 6.45) is 1.69. The minimum Gasteiger partial charge on any atom is -0.468 e. The van der Waals surface area contributed by atoms with E-state index in [-0.39, 0.29) is 5.25 Å². The van der Waals surface area contributed by atoms with Gasteiger partial charge >= 0.3 is 0 Å². The number of thioether (sulfide) groups is 1. The van der Waals surface area contributed by atoms with Crippen LogP contribution in [0.5, 0.6) is 0 Å². The van der Waals surface area contributed by atoms with Crippen LogP contribution in [0.1, 0.15) is 23.8 Å². The highest BCUT2D eigenvalue weighted by Crippen LogP contribution is 2.37. The summed E-state index contributed by atoms with van der Waals surface area (Å²) in [6, 6.07) is 5.89. The van der Waals surface area contributed by atoms with Crippen molar-refractivity contribution in [3.8, 4) is 10.8 Å². The van der Waals surface area contributed by atoms with Gasteiger partial charge < -0.3 is 8.83 Å². The summed E-state index contributed by atoms with van der Waals surface area (Å²) in [5.41, 5.74) is 0. The van der Waals surface area contributed by atoms with Crippen molar-refractivity contribution in [2.24, 2.45) is 0 Å². The standard InChI is InChI=1S/C13H12N2O2S2/c1-8-10(5-6-16-8)19-9(2)12-14-15-13(17-12)11-4-3-7-18-11/h3-7,9H,1-2H3/t9-/m0/s1. The molecule has 3 heterocycles. The third-order valence-electron chi connectivity index (χ3n) is 2.64. The van der Waals surface area contributed by atoms with Crippen LogP contribution in [0.4, 0.5) is 0 Å². The van der Waals surface area contributed by atoms with E-state index in [4.69, 9.17) is 8.83 Å². The maximum Gasteiger partial charge on any atom is 0.257 e. The summed E-state index contributed by atoms with van der Waals surface area (Å²) in [6.45, 7) is 3.99. The van der Waals surface area contributed by atoms with Crippen molar-refractivity contribution in [1.29, 1.82) is 0 Å². The molecule has 0 bridgehead atoms. The van der Waals surface area contributed by atoms with Crippen molar-refractivity contribution in [1.82, 2.24) is 10.2 Å². The Bertz CT molecular complexity index is 658. The highest BCUT2D eigenvalue weighted by molar-refractivity contribution is 7.99. The maximum absolute atomic E-state index is 5.72. The van der Waals surface area contributed by atoms with Crippen LogP contribution in [0.2, 0.25) is 0 Å². The average Bonchev–Trinajstić information content (AvgIpc) is 3.09. The highest BCUT2D eigenvalue weighted by atomic mass is 32.2. The van der Waals surface area contributed by atoms with E-state index in [9.17, 15) is 0 Å². The molecule has 0 aliphatic rings. The fourth-order valence-electron chi connectivity index (χ4n) is 1.64. The molecule has 6 heteroatoms. The zero-order chi connectivity index (χ0) is 13.2. The summed E-state index contributed by atoms with van der Waals surface area (Å²) in [5, 5.41) is 10.3. The zero-order valence-electron chi connectivity index (χ0n) is 10.5. The lowest BCUT2D eigenvalue weighted by molar-refractivity contribution is 0.509. The number of nitrogens with zero attached hydrogens (tertiary/aromatic N) is 2. The summed E-state index contributed by atoms with van der Waals surface area (Å²) in [4.78, 5) is 2.10. The molecule has 0 fully saturated rings. The van der Waals surface area contributed by atoms with Crippen molar-refractivity contribution >= 4 is 23.1 Å². The molecule has 0 spiro atoms. The number of furan rings is 1. The number of hydrogen-bond acceptors (Lipinski definition) is 6. The Kier molecular flexibility index (Phi) is 3.44. The molecule has 1 atom stereocenters. The van der Waals surface area contributed by atoms with Crippen molar-refractivity contribution in [3.05, 3.63) is 41.5 Å². The first-order chi connectivity index (χ1) is 9.24. The minimum absolute atomic E-state index is 0.0949. The Hall–Kier alpha value is -1.53. The van der Waals surface area contributed by atoms with E-state index in [0.717, 1.165) is 15.5 Å². The normalized spacial score (nSPS) is 12.7. The van der Waals surface area contributed by atoms with Gasteiger partial charge in [0.1, 0.15) is 5.76 Å². The first kappa shape index (κ1) is 12.5. The zero-order valence-corrected chi connectivity index (χ0v) is 12.1. The van der Waals surface area contributed by atoms with Gasteiger partial charge in [-0.3, -0.25) is 0 Å². The third-order valence-corrected chi connectivity index (χ3v) is 4.73. The second kappa shape index (κ2) is 5.22. The topological polar surface area (TPSA) is 52.1 Å². The molecule has 3 aromatic rings. The Morgan fingerprint density at radius 1 is 1.32 bits per heavy atom. The average molecular weight is 292 g/mol. The number of thiophene rings is 1. The Balaban J connectivity index is 1.77. The molecule has 0 saturated heterocycles. The predicted molar refractivity (Wildman–Crippen MR) is 75.3 cm³/mol. The number of aryl methyl sites for hydroxylation is 1. The monoisotopic (exact) mass is 292 g/mol. The molecule has 0 aliphatic carbocycles. The predicted octanol–water partition coefficient (Wildman–Crippen LogP) is 4.55. The summed E-state index contributed by atoms with van der Waals surface area (Å²) in [5.74, 6) is 2.13. The lowest BCUT2D eigenvalue weighted by Crippen LogP contribution is -1.88. The Morgan fingerprint density at radius 3 is 2.89 bits per heavy atom. The van der Waals surface area contributed by atoms with E-state index in [2.05, 4.69) is 10.2 Å². The SMILES string of the molecule is Cc1occc1S[C@@H](C)c1nnc(-c2cccs2)o1. The molecule has 3 aromatic heterocycles. The molecule has 98 valence electrons. The summed E-state index contributed by atoms with van der Waals surface area (Å²) < 4.78 is 11.0. The molecule has 0 amide bonds. The molecule has 0 saturated carbocycles. The fraction of sp³-hybridized carbons (Fsp3) is 0.231. The van der Waals surface area contributed by atoms with Crippen LogP contribution in [0.25, 0.3) is 10.8 Å². The summed E-state index contributed by atoms with van der Waals surface area (Å²) >= 11 is 3.24. The quantitative estimate of drug-likeness (QED) is 0.660. The Labute approximate surface area is 118 Å². The van der Waals surface area contributed by atoms with Gasteiger partial charge in [0.05, 0.1) is 16.4 Å². The lowest BCUT2D eigenvalue weighted by atomic mass is 10.5. The molecular weight excluding hydrogens is 280 g/mol. The molecule has 0 aromatic carbocycles. The largest absolute Gasteiger partial charge is 0.468 e. The van der Waals surface area contributed by atoms with Crippen molar-refractivity contribution in [3.63, 3.8) is 0 Å². The van der Waals surface area contributed by atoms with Crippen LogP contribution in [0.3, 0.4) is 0 Å². The first-order valence-corrected chi connectivity index (χ1v) is 7.58. The molecule has 3 rings (SSSR count). The third kappa shape index (κ3) is 2.59. The van der Waals surface area contributed by atoms with Gasteiger partial charge in [0.2, 0.25) is 5.89 Å². The summed E-state index contributed by atoms with van der Waals surface area (Å²) in [7, 11) is 0. The van der Waals surface area contributed by atoms with Gasteiger partial charge in [-0.2, -0.15) is 0 Å². The Morgan fingerprint density at radius 2 is 2.21 bits per heavy atom. The van der Waals surface area contributed by atoms with Crippen molar-refractivity contribution in [2.75, 3.05) is 0 Å². The highest BCUT2D eigenvalue weighted by Gasteiger charge is 2.18. The van der Waals surface area contributed by atoms with Crippen molar-refractivity contribution < 1.29 is 8.83 Å². The van der Waals surface area contributed by atoms with E-state index in [1.54, 1.807) is 29.4 Å². The van der Waals surface area contributed by atoms with Gasteiger partial charge in [0.15, 0.2) is 0 Å². The van der Waals surface area contributed by atoms with Crippen LogP contribution < -0.4 is 0 Å². The van der Waals surface area contributed by atoms with Crippen LogP contribution in [0, 0.1) is 6.92 Å². The number of aromatic nitrogens is 2. The first-order valence-electron chi connectivity index (χ1n) is 5.82. The minimum atomic E-state index is 0.0949. The van der Waals surface area contributed by atoms with Gasteiger partial charge in [0.25, 0.3) is 5.89 Å². The molecule has 0 unspecified atom stereocenters. The van der Waals surface area contributed by atoms with Gasteiger partial charge in [-0.1, -0.05) is 6.07 Å². The van der Waals surface area contributed by atoms with Crippen LogP contribution in [-0.2, 0) is 0 Å².